The van der Waals surface area contributed by atoms with E-state index < -0.39 is 17.4 Å². The quantitative estimate of drug-likeness (QED) is 0.516. The zero-order valence-corrected chi connectivity index (χ0v) is 16.6. The fourth-order valence-corrected chi connectivity index (χ4v) is 3.46. The van der Waals surface area contributed by atoms with E-state index in [1.54, 1.807) is 18.2 Å². The number of carbonyl (C=O) groups excluding carboxylic acids is 1. The van der Waals surface area contributed by atoms with Gasteiger partial charge in [-0.3, -0.25) is 4.79 Å². The van der Waals surface area contributed by atoms with Gasteiger partial charge < -0.3 is 15.0 Å². The number of primary amides is 1. The van der Waals surface area contributed by atoms with E-state index in [9.17, 15) is 14.4 Å². The monoisotopic (exact) mass is 415 g/mol. The maximum atomic E-state index is 14.0. The van der Waals surface area contributed by atoms with Crippen molar-refractivity contribution >= 4 is 16.9 Å². The van der Waals surface area contributed by atoms with E-state index in [1.807, 2.05) is 41.8 Å². The molecule has 31 heavy (non-hydrogen) atoms. The molecule has 0 fully saturated rings. The number of amides is 1. The fraction of sp³-hybridized carbons (Fsp3) is 0.130. The maximum absolute atomic E-state index is 14.0. The summed E-state index contributed by atoms with van der Waals surface area (Å²) in [5, 5.41) is 9.31. The first kappa shape index (κ1) is 20.0. The second-order valence-corrected chi connectivity index (χ2v) is 6.95. The predicted molar refractivity (Wildman–Crippen MR) is 112 cm³/mol. The lowest BCUT2D eigenvalue weighted by molar-refractivity contribution is 0.0991. The molecule has 0 aliphatic heterocycles. The highest BCUT2D eigenvalue weighted by atomic mass is 19.1. The number of aromatic nitrogens is 3. The molecular weight excluding hydrogens is 397 g/mol. The van der Waals surface area contributed by atoms with Crippen molar-refractivity contribution in [3.8, 4) is 11.8 Å². The van der Waals surface area contributed by atoms with Crippen molar-refractivity contribution < 1.29 is 13.9 Å². The van der Waals surface area contributed by atoms with Crippen molar-refractivity contribution in [2.24, 2.45) is 5.73 Å². The van der Waals surface area contributed by atoms with Crippen LogP contribution in [0.5, 0.6) is 5.75 Å². The molecule has 2 aromatic heterocycles. The van der Waals surface area contributed by atoms with Gasteiger partial charge in [0, 0.05) is 6.07 Å². The molecule has 2 heterocycles. The van der Waals surface area contributed by atoms with Crippen molar-refractivity contribution in [3.63, 3.8) is 0 Å². The van der Waals surface area contributed by atoms with Gasteiger partial charge in [-0.1, -0.05) is 30.3 Å². The van der Waals surface area contributed by atoms with Gasteiger partial charge in [-0.05, 0) is 30.7 Å². The summed E-state index contributed by atoms with van der Waals surface area (Å²) in [6, 6.07) is 18.3. The Balaban J connectivity index is 1.72. The molecule has 8 heteroatoms. The fourth-order valence-electron chi connectivity index (χ4n) is 3.46. The van der Waals surface area contributed by atoms with Gasteiger partial charge in [-0.25, -0.2) is 14.4 Å². The Morgan fingerprint density at radius 3 is 2.71 bits per heavy atom. The van der Waals surface area contributed by atoms with E-state index in [-0.39, 0.29) is 18.4 Å². The zero-order chi connectivity index (χ0) is 22.0. The molecule has 0 saturated carbocycles. The second kappa shape index (κ2) is 8.24. The number of imidazole rings is 1. The molecule has 2 aromatic carbocycles. The lowest BCUT2D eigenvalue weighted by Gasteiger charge is -2.18. The van der Waals surface area contributed by atoms with Crippen LogP contribution >= 0.6 is 0 Å². The normalized spacial score (nSPS) is 11.8. The van der Waals surface area contributed by atoms with Crippen molar-refractivity contribution in [1.82, 2.24) is 14.5 Å². The van der Waals surface area contributed by atoms with Crippen LogP contribution in [0, 0.1) is 17.1 Å². The van der Waals surface area contributed by atoms with Crippen LogP contribution in [0.1, 0.15) is 40.4 Å². The first-order valence-electron chi connectivity index (χ1n) is 9.52. The average molecular weight is 415 g/mol. The highest BCUT2D eigenvalue weighted by molar-refractivity contribution is 5.91. The maximum Gasteiger partial charge on any atom is 0.270 e. The number of carbonyl (C=O) groups is 1. The number of nitrogens with two attached hydrogens (primary N) is 1. The van der Waals surface area contributed by atoms with Crippen LogP contribution in [-0.2, 0) is 6.61 Å². The summed E-state index contributed by atoms with van der Waals surface area (Å²) in [6.45, 7) is 2.06. The number of halogens is 1. The molecule has 0 saturated heterocycles. The number of pyridine rings is 1. The molecule has 0 spiro atoms. The molecule has 0 radical (unpaired) electrons. The molecule has 2 N–H and O–H groups in total. The van der Waals surface area contributed by atoms with Gasteiger partial charge in [0.05, 0.1) is 34.9 Å². The SMILES string of the molecule is C[C@@H](c1ccccc1)n1c(COc2cnc(C(N)=O)c(F)c2)nc2ccc(C#N)cc21. The molecular formula is C23H18FN5O2. The summed E-state index contributed by atoms with van der Waals surface area (Å²) in [7, 11) is 0. The van der Waals surface area contributed by atoms with Gasteiger partial charge >= 0.3 is 0 Å². The number of nitrogens with zero attached hydrogens (tertiary/aromatic N) is 4. The van der Waals surface area contributed by atoms with Gasteiger partial charge in [-0.2, -0.15) is 5.26 Å². The second-order valence-electron chi connectivity index (χ2n) is 6.95. The molecule has 154 valence electrons. The van der Waals surface area contributed by atoms with Crippen molar-refractivity contribution in [3.05, 3.63) is 89.3 Å². The van der Waals surface area contributed by atoms with Gasteiger partial charge in [0.15, 0.2) is 11.5 Å². The minimum Gasteiger partial charge on any atom is -0.484 e. The minimum absolute atomic E-state index is 0.0325. The van der Waals surface area contributed by atoms with Crippen LogP contribution < -0.4 is 10.5 Å². The molecule has 7 nitrogen and oxygen atoms in total. The first-order valence-corrected chi connectivity index (χ1v) is 9.52. The highest BCUT2D eigenvalue weighted by Gasteiger charge is 2.19. The van der Waals surface area contributed by atoms with Crippen LogP contribution in [0.4, 0.5) is 4.39 Å². The Bertz CT molecular complexity index is 1310. The third-order valence-corrected chi connectivity index (χ3v) is 4.98. The summed E-state index contributed by atoms with van der Waals surface area (Å²) < 4.78 is 21.7. The zero-order valence-electron chi connectivity index (χ0n) is 16.6. The molecule has 4 rings (SSSR count). The Morgan fingerprint density at radius 2 is 2.03 bits per heavy atom. The van der Waals surface area contributed by atoms with E-state index in [0.29, 0.717) is 16.9 Å². The molecule has 1 atom stereocenters. The molecule has 0 aliphatic carbocycles. The average Bonchev–Trinajstić information content (AvgIpc) is 3.15. The summed E-state index contributed by atoms with van der Waals surface area (Å²) in [5.41, 5.74) is 7.74. The van der Waals surface area contributed by atoms with E-state index in [0.717, 1.165) is 17.1 Å². The minimum atomic E-state index is -0.948. The van der Waals surface area contributed by atoms with Crippen molar-refractivity contribution in [1.29, 1.82) is 5.26 Å². The Kier molecular flexibility index (Phi) is 5.33. The summed E-state index contributed by atoms with van der Waals surface area (Å²) in [5.74, 6) is -1.06. The van der Waals surface area contributed by atoms with E-state index in [4.69, 9.17) is 10.5 Å². The van der Waals surface area contributed by atoms with Crippen molar-refractivity contribution in [2.45, 2.75) is 19.6 Å². The summed E-state index contributed by atoms with van der Waals surface area (Å²) in [6.07, 6.45) is 1.24. The van der Waals surface area contributed by atoms with E-state index in [1.165, 1.54) is 6.20 Å². The number of hydrogen-bond donors (Lipinski definition) is 1. The van der Waals surface area contributed by atoms with Crippen LogP contribution in [0.15, 0.2) is 60.8 Å². The number of ether oxygens (including phenoxy) is 1. The molecule has 0 unspecified atom stereocenters. The molecule has 4 aromatic rings. The smallest absolute Gasteiger partial charge is 0.270 e. The van der Waals surface area contributed by atoms with Crippen molar-refractivity contribution in [2.75, 3.05) is 0 Å². The third kappa shape index (κ3) is 3.94. The third-order valence-electron chi connectivity index (χ3n) is 4.98. The lowest BCUT2D eigenvalue weighted by Crippen LogP contribution is -2.16. The van der Waals surface area contributed by atoms with Gasteiger partial charge in [0.25, 0.3) is 5.91 Å². The largest absolute Gasteiger partial charge is 0.484 e. The Labute approximate surface area is 177 Å². The first-order chi connectivity index (χ1) is 15.0. The number of nitriles is 1. The van der Waals surface area contributed by atoms with Gasteiger partial charge in [0.2, 0.25) is 0 Å². The van der Waals surface area contributed by atoms with E-state index in [2.05, 4.69) is 16.0 Å². The number of hydrogen-bond acceptors (Lipinski definition) is 5. The number of benzene rings is 2. The Hall–Kier alpha value is -4.25. The highest BCUT2D eigenvalue weighted by Crippen LogP contribution is 2.27. The number of fused-ring (bicyclic) bond motifs is 1. The van der Waals surface area contributed by atoms with Crippen LogP contribution in [0.2, 0.25) is 0 Å². The standard InChI is InChI=1S/C23H18FN5O2/c1-14(16-5-3-2-4-6-16)29-20-9-15(11-25)7-8-19(20)28-21(29)13-31-17-10-18(24)22(23(26)30)27-12-17/h2-10,12,14H,13H2,1H3,(H2,26,30)/t14-/m0/s1. The van der Waals surface area contributed by atoms with Crippen LogP contribution in [-0.4, -0.2) is 20.4 Å². The molecule has 1 amide bonds. The molecule has 0 aliphatic rings. The van der Waals surface area contributed by atoms with Crippen LogP contribution in [0.3, 0.4) is 0 Å². The Morgan fingerprint density at radius 1 is 1.26 bits per heavy atom. The topological polar surface area (TPSA) is 107 Å². The molecule has 0 bridgehead atoms. The van der Waals surface area contributed by atoms with Crippen LogP contribution in [0.25, 0.3) is 11.0 Å². The summed E-state index contributed by atoms with van der Waals surface area (Å²) in [4.78, 5) is 19.5. The van der Waals surface area contributed by atoms with Gasteiger partial charge in [-0.15, -0.1) is 0 Å². The summed E-state index contributed by atoms with van der Waals surface area (Å²) >= 11 is 0. The number of rotatable bonds is 6. The lowest BCUT2D eigenvalue weighted by atomic mass is 10.1. The van der Waals surface area contributed by atoms with Gasteiger partial charge in [0.1, 0.15) is 18.2 Å². The van der Waals surface area contributed by atoms with E-state index >= 15 is 0 Å². The predicted octanol–water partition coefficient (Wildman–Crippen LogP) is 3.73.